The fourth-order valence-corrected chi connectivity index (χ4v) is 3.28. The lowest BCUT2D eigenvalue weighted by Crippen LogP contribution is -2.44. The maximum Gasteiger partial charge on any atom is 0.276 e. The molecule has 0 aromatic carbocycles. The number of β-amino-alcohol motifs (C(OH)–C–C–N with tert-alkyl or cyclic N) is 1. The number of carbonyl (C=O) groups excluding carboxylic acids is 1. The maximum absolute atomic E-state index is 12.6. The fraction of sp³-hybridized carbons (Fsp3) is 0.812. The third-order valence-corrected chi connectivity index (χ3v) is 5.44. The molecule has 134 valence electrons. The van der Waals surface area contributed by atoms with E-state index in [0.29, 0.717) is 18.8 Å². The van der Waals surface area contributed by atoms with Gasteiger partial charge in [0.15, 0.2) is 5.69 Å². The summed E-state index contributed by atoms with van der Waals surface area (Å²) >= 11 is 0. The van der Waals surface area contributed by atoms with Gasteiger partial charge in [0, 0.05) is 44.7 Å². The number of amides is 1. The van der Waals surface area contributed by atoms with E-state index in [1.54, 1.807) is 22.7 Å². The molecule has 0 aliphatic carbocycles. The maximum atomic E-state index is 12.6. The number of nitrogens with zero attached hydrogens (tertiary/aromatic N) is 5. The molecule has 1 atom stereocenters. The molecule has 2 aliphatic heterocycles. The largest absolute Gasteiger partial charge is 0.388 e. The highest BCUT2D eigenvalue weighted by atomic mass is 16.3. The molecule has 0 radical (unpaired) electrons. The summed E-state index contributed by atoms with van der Waals surface area (Å²) in [5.41, 5.74) is -0.870. The molecule has 0 unspecified atom stereocenters. The molecule has 0 saturated carbocycles. The Labute approximate surface area is 142 Å². The van der Waals surface area contributed by atoms with E-state index >= 15 is 0 Å². The minimum atomic E-state index is -0.888. The van der Waals surface area contributed by atoms with E-state index < -0.39 is 5.60 Å². The van der Waals surface area contributed by atoms with E-state index in [0.717, 1.165) is 39.3 Å². The van der Waals surface area contributed by atoms with Gasteiger partial charge >= 0.3 is 0 Å². The van der Waals surface area contributed by atoms with Gasteiger partial charge in [-0.25, -0.2) is 0 Å². The number of hydrogen-bond acceptors (Lipinski definition) is 6. The lowest BCUT2D eigenvalue weighted by Gasteiger charge is -2.30. The minimum absolute atomic E-state index is 0.158. The monoisotopic (exact) mass is 336 g/mol. The van der Waals surface area contributed by atoms with Crippen LogP contribution in [0.1, 0.15) is 31.3 Å². The molecule has 24 heavy (non-hydrogen) atoms. The Kier molecular flexibility index (Phi) is 4.63. The molecule has 1 aromatic heterocycles. The van der Waals surface area contributed by atoms with E-state index in [2.05, 4.69) is 20.5 Å². The van der Waals surface area contributed by atoms with Crippen molar-refractivity contribution in [2.24, 2.45) is 5.41 Å². The molecule has 8 heteroatoms. The first kappa shape index (κ1) is 17.3. The lowest BCUT2D eigenvalue weighted by atomic mass is 9.79. The van der Waals surface area contributed by atoms with Crippen LogP contribution in [-0.4, -0.2) is 87.2 Å². The number of piperazine rings is 1. The van der Waals surface area contributed by atoms with Crippen LogP contribution >= 0.6 is 0 Å². The summed E-state index contributed by atoms with van der Waals surface area (Å²) < 4.78 is 1.73. The number of aromatic nitrogens is 3. The summed E-state index contributed by atoms with van der Waals surface area (Å²) in [7, 11) is 0. The van der Waals surface area contributed by atoms with Crippen LogP contribution in [-0.2, 0) is 6.54 Å². The summed E-state index contributed by atoms with van der Waals surface area (Å²) in [6.45, 7) is 12.3. The lowest BCUT2D eigenvalue weighted by molar-refractivity contribution is -0.0108. The Morgan fingerprint density at radius 1 is 1.25 bits per heavy atom. The number of aliphatic hydroxyl groups is 1. The van der Waals surface area contributed by atoms with Gasteiger partial charge in [0.25, 0.3) is 5.91 Å². The molecule has 0 spiro atoms. The SMILES string of the molecule is CC1(C)CN(C(=O)c2cn(CCN3CCNCC3)nn2)C[C@@]1(C)O. The summed E-state index contributed by atoms with van der Waals surface area (Å²) in [5.74, 6) is -0.158. The van der Waals surface area contributed by atoms with Crippen molar-refractivity contribution < 1.29 is 9.90 Å². The second-order valence-corrected chi connectivity index (χ2v) is 7.78. The topological polar surface area (TPSA) is 86.5 Å². The van der Waals surface area contributed by atoms with Crippen molar-refractivity contribution >= 4 is 5.91 Å². The van der Waals surface area contributed by atoms with Gasteiger partial charge in [-0.05, 0) is 6.92 Å². The second-order valence-electron chi connectivity index (χ2n) is 7.78. The third kappa shape index (κ3) is 3.45. The molecule has 0 bridgehead atoms. The number of likely N-dealkylation sites (tertiary alicyclic amines) is 1. The molecule has 2 saturated heterocycles. The van der Waals surface area contributed by atoms with Gasteiger partial charge in [-0.3, -0.25) is 14.4 Å². The average Bonchev–Trinajstić information content (AvgIpc) is 3.08. The average molecular weight is 336 g/mol. The molecular formula is C16H28N6O2. The number of rotatable bonds is 4. The first-order chi connectivity index (χ1) is 11.3. The molecule has 2 aliphatic rings. The van der Waals surface area contributed by atoms with Gasteiger partial charge in [-0.15, -0.1) is 5.10 Å². The van der Waals surface area contributed by atoms with E-state index in [9.17, 15) is 9.90 Å². The molecule has 1 aromatic rings. The van der Waals surface area contributed by atoms with Crippen LogP contribution in [0.15, 0.2) is 6.20 Å². The van der Waals surface area contributed by atoms with Crippen LogP contribution in [0.4, 0.5) is 0 Å². The summed E-state index contributed by atoms with van der Waals surface area (Å²) in [5, 5.41) is 21.9. The van der Waals surface area contributed by atoms with Crippen LogP contribution in [0.3, 0.4) is 0 Å². The van der Waals surface area contributed by atoms with Gasteiger partial charge in [0.2, 0.25) is 0 Å². The second kappa shape index (κ2) is 6.42. The predicted octanol–water partition coefficient (Wildman–Crippen LogP) is -0.584. The Balaban J connectivity index is 1.58. The number of hydrogen-bond donors (Lipinski definition) is 2. The van der Waals surface area contributed by atoms with Crippen molar-refractivity contribution in [1.29, 1.82) is 0 Å². The quantitative estimate of drug-likeness (QED) is 0.765. The van der Waals surface area contributed by atoms with Crippen LogP contribution in [0.2, 0.25) is 0 Å². The van der Waals surface area contributed by atoms with Crippen LogP contribution in [0.5, 0.6) is 0 Å². The normalized spacial score (nSPS) is 27.6. The van der Waals surface area contributed by atoms with Gasteiger partial charge < -0.3 is 15.3 Å². The highest BCUT2D eigenvalue weighted by Crippen LogP contribution is 2.38. The van der Waals surface area contributed by atoms with E-state index in [1.807, 2.05) is 13.8 Å². The Morgan fingerprint density at radius 2 is 1.96 bits per heavy atom. The zero-order valence-corrected chi connectivity index (χ0v) is 14.8. The van der Waals surface area contributed by atoms with Crippen LogP contribution in [0, 0.1) is 5.41 Å². The molecule has 2 fully saturated rings. The molecule has 1 amide bonds. The van der Waals surface area contributed by atoms with Gasteiger partial charge in [0.1, 0.15) is 0 Å². The zero-order chi connectivity index (χ0) is 17.4. The Hall–Kier alpha value is -1.51. The fourth-order valence-electron chi connectivity index (χ4n) is 3.28. The highest BCUT2D eigenvalue weighted by Gasteiger charge is 2.49. The predicted molar refractivity (Wildman–Crippen MR) is 89.6 cm³/mol. The molecule has 3 heterocycles. The van der Waals surface area contributed by atoms with E-state index in [1.165, 1.54) is 0 Å². The smallest absolute Gasteiger partial charge is 0.276 e. The molecular weight excluding hydrogens is 308 g/mol. The van der Waals surface area contributed by atoms with Gasteiger partial charge in [0.05, 0.1) is 24.9 Å². The van der Waals surface area contributed by atoms with Crippen molar-refractivity contribution in [2.75, 3.05) is 45.8 Å². The van der Waals surface area contributed by atoms with E-state index in [4.69, 9.17) is 0 Å². The zero-order valence-electron chi connectivity index (χ0n) is 14.8. The third-order valence-electron chi connectivity index (χ3n) is 5.44. The van der Waals surface area contributed by atoms with Crippen molar-refractivity contribution in [3.05, 3.63) is 11.9 Å². The van der Waals surface area contributed by atoms with Crippen molar-refractivity contribution in [1.82, 2.24) is 30.1 Å². The molecule has 3 rings (SSSR count). The minimum Gasteiger partial charge on any atom is -0.388 e. The van der Waals surface area contributed by atoms with Crippen LogP contribution < -0.4 is 5.32 Å². The summed E-state index contributed by atoms with van der Waals surface area (Å²) in [6, 6.07) is 0. The Morgan fingerprint density at radius 3 is 2.58 bits per heavy atom. The summed E-state index contributed by atoms with van der Waals surface area (Å²) in [4.78, 5) is 16.7. The molecule has 2 N–H and O–H groups in total. The Bertz CT molecular complexity index is 575. The first-order valence-corrected chi connectivity index (χ1v) is 8.63. The van der Waals surface area contributed by atoms with Gasteiger partial charge in [-0.2, -0.15) is 0 Å². The van der Waals surface area contributed by atoms with Crippen molar-refractivity contribution in [2.45, 2.75) is 32.9 Å². The van der Waals surface area contributed by atoms with Gasteiger partial charge in [-0.1, -0.05) is 19.1 Å². The first-order valence-electron chi connectivity index (χ1n) is 8.63. The number of nitrogens with one attached hydrogen (secondary N) is 1. The van der Waals surface area contributed by atoms with E-state index in [-0.39, 0.29) is 11.3 Å². The van der Waals surface area contributed by atoms with Crippen molar-refractivity contribution in [3.63, 3.8) is 0 Å². The van der Waals surface area contributed by atoms with Crippen molar-refractivity contribution in [3.8, 4) is 0 Å². The summed E-state index contributed by atoms with van der Waals surface area (Å²) in [6.07, 6.45) is 1.71. The molecule has 8 nitrogen and oxygen atoms in total. The number of carbonyl (C=O) groups is 1. The standard InChI is InChI=1S/C16H28N6O2/c1-15(2)11-21(12-16(15,3)24)14(23)13-10-22(19-18-13)9-8-20-6-4-17-5-7-20/h10,17,24H,4-9,11-12H2,1-3H3/t16-/m1/s1. The highest BCUT2D eigenvalue weighted by molar-refractivity contribution is 5.92. The van der Waals surface area contributed by atoms with Crippen LogP contribution in [0.25, 0.3) is 0 Å².